The predicted molar refractivity (Wildman–Crippen MR) is 76.9 cm³/mol. The number of carboxylic acid groups (broad SMARTS) is 1. The van der Waals surface area contributed by atoms with Gasteiger partial charge in [0.05, 0.1) is 6.42 Å². The van der Waals surface area contributed by atoms with Crippen molar-refractivity contribution in [2.75, 3.05) is 0 Å². The van der Waals surface area contributed by atoms with Gasteiger partial charge in [0.1, 0.15) is 6.04 Å². The van der Waals surface area contributed by atoms with E-state index in [0.717, 1.165) is 10.0 Å². The Morgan fingerprint density at radius 1 is 1.37 bits per heavy atom. The van der Waals surface area contributed by atoms with E-state index in [2.05, 4.69) is 21.2 Å². The van der Waals surface area contributed by atoms with Gasteiger partial charge in [-0.1, -0.05) is 48.8 Å². The van der Waals surface area contributed by atoms with E-state index in [1.807, 2.05) is 24.3 Å². The summed E-state index contributed by atoms with van der Waals surface area (Å²) in [4.78, 5) is 23.1. The standard InChI is InChI=1S/C14H18BrNO3/c1-14(2,3)12(13(18)19)16-11(17)8-9-5-4-6-10(15)7-9/h4-7,12H,8H2,1-3H3,(H,16,17)(H,18,19). The molecule has 0 fully saturated rings. The minimum absolute atomic E-state index is 0.166. The van der Waals surface area contributed by atoms with Crippen LogP contribution in [0.3, 0.4) is 0 Å². The summed E-state index contributed by atoms with van der Waals surface area (Å²) in [6, 6.07) is 6.48. The summed E-state index contributed by atoms with van der Waals surface area (Å²) in [6.45, 7) is 5.35. The number of nitrogens with one attached hydrogen (secondary N) is 1. The number of carboxylic acids is 1. The molecule has 19 heavy (non-hydrogen) atoms. The number of hydrogen-bond donors (Lipinski definition) is 2. The molecule has 0 aliphatic rings. The largest absolute Gasteiger partial charge is 0.480 e. The van der Waals surface area contributed by atoms with Crippen LogP contribution in [0.2, 0.25) is 0 Å². The average molecular weight is 328 g/mol. The fourth-order valence-electron chi connectivity index (χ4n) is 1.69. The Labute approximate surface area is 121 Å². The molecule has 1 aromatic carbocycles. The second-order valence-corrected chi connectivity index (χ2v) is 6.43. The molecule has 1 unspecified atom stereocenters. The van der Waals surface area contributed by atoms with Crippen LogP contribution < -0.4 is 5.32 Å². The summed E-state index contributed by atoms with van der Waals surface area (Å²) < 4.78 is 0.892. The molecule has 104 valence electrons. The topological polar surface area (TPSA) is 66.4 Å². The summed E-state index contributed by atoms with van der Waals surface area (Å²) in [5.41, 5.74) is 0.309. The number of rotatable bonds is 4. The van der Waals surface area contributed by atoms with Crippen molar-refractivity contribution >= 4 is 27.8 Å². The zero-order chi connectivity index (χ0) is 14.6. The van der Waals surface area contributed by atoms with Crippen LogP contribution in [-0.4, -0.2) is 23.0 Å². The first-order valence-electron chi connectivity index (χ1n) is 5.97. The molecule has 0 heterocycles. The Kier molecular flexibility index (Phi) is 5.11. The third-order valence-electron chi connectivity index (χ3n) is 2.67. The van der Waals surface area contributed by atoms with Gasteiger partial charge in [-0.2, -0.15) is 0 Å². The maximum absolute atomic E-state index is 11.9. The molecule has 0 aliphatic carbocycles. The summed E-state index contributed by atoms with van der Waals surface area (Å²) in [5, 5.41) is 11.7. The lowest BCUT2D eigenvalue weighted by atomic mass is 9.86. The molecule has 0 spiro atoms. The lowest BCUT2D eigenvalue weighted by molar-refractivity contribution is -0.144. The van der Waals surface area contributed by atoms with E-state index in [-0.39, 0.29) is 12.3 Å². The van der Waals surface area contributed by atoms with Crippen molar-refractivity contribution in [3.63, 3.8) is 0 Å². The second-order valence-electron chi connectivity index (χ2n) is 5.51. The number of hydrogen-bond acceptors (Lipinski definition) is 2. The molecule has 0 radical (unpaired) electrons. The van der Waals surface area contributed by atoms with Gasteiger partial charge in [0.15, 0.2) is 0 Å². The molecule has 1 atom stereocenters. The van der Waals surface area contributed by atoms with Crippen molar-refractivity contribution in [2.45, 2.75) is 33.2 Å². The molecule has 1 aromatic rings. The number of carbonyl (C=O) groups is 2. The highest BCUT2D eigenvalue weighted by molar-refractivity contribution is 9.10. The highest BCUT2D eigenvalue weighted by Gasteiger charge is 2.32. The second kappa shape index (κ2) is 6.19. The van der Waals surface area contributed by atoms with E-state index in [1.54, 1.807) is 20.8 Å². The van der Waals surface area contributed by atoms with E-state index >= 15 is 0 Å². The smallest absolute Gasteiger partial charge is 0.326 e. The van der Waals surface area contributed by atoms with Crippen LogP contribution in [0.15, 0.2) is 28.7 Å². The van der Waals surface area contributed by atoms with Crippen molar-refractivity contribution in [2.24, 2.45) is 5.41 Å². The number of benzene rings is 1. The SMILES string of the molecule is CC(C)(C)C(NC(=O)Cc1cccc(Br)c1)C(=O)O. The summed E-state index contributed by atoms with van der Waals surface area (Å²) in [5.74, 6) is -1.31. The minimum Gasteiger partial charge on any atom is -0.480 e. The number of amides is 1. The molecule has 5 heteroatoms. The first-order valence-corrected chi connectivity index (χ1v) is 6.76. The van der Waals surface area contributed by atoms with Crippen molar-refractivity contribution in [3.05, 3.63) is 34.3 Å². The first-order chi connectivity index (χ1) is 8.70. The highest BCUT2D eigenvalue weighted by Crippen LogP contribution is 2.19. The Morgan fingerprint density at radius 3 is 2.47 bits per heavy atom. The molecule has 4 nitrogen and oxygen atoms in total. The monoisotopic (exact) mass is 327 g/mol. The third-order valence-corrected chi connectivity index (χ3v) is 3.17. The van der Waals surface area contributed by atoms with E-state index in [4.69, 9.17) is 5.11 Å². The highest BCUT2D eigenvalue weighted by atomic mass is 79.9. The lowest BCUT2D eigenvalue weighted by Crippen LogP contribution is -2.49. The van der Waals surface area contributed by atoms with Gasteiger partial charge in [-0.05, 0) is 23.1 Å². The van der Waals surface area contributed by atoms with Crippen LogP contribution in [0, 0.1) is 5.41 Å². The van der Waals surface area contributed by atoms with Gasteiger partial charge in [-0.15, -0.1) is 0 Å². The zero-order valence-corrected chi connectivity index (χ0v) is 12.8. The van der Waals surface area contributed by atoms with E-state index in [0.29, 0.717) is 0 Å². The molecular weight excluding hydrogens is 310 g/mol. The Hall–Kier alpha value is -1.36. The predicted octanol–water partition coefficient (Wildman–Crippen LogP) is 2.61. The number of aliphatic carboxylic acids is 1. The molecule has 2 N–H and O–H groups in total. The number of carbonyl (C=O) groups excluding carboxylic acids is 1. The summed E-state index contributed by atoms with van der Waals surface area (Å²) in [6.07, 6.45) is 0.166. The van der Waals surface area contributed by atoms with Gasteiger partial charge in [0.25, 0.3) is 0 Å². The zero-order valence-electron chi connectivity index (χ0n) is 11.2. The Morgan fingerprint density at radius 2 is 2.00 bits per heavy atom. The van der Waals surface area contributed by atoms with Crippen LogP contribution in [0.4, 0.5) is 0 Å². The van der Waals surface area contributed by atoms with Gasteiger partial charge in [0.2, 0.25) is 5.91 Å². The van der Waals surface area contributed by atoms with Crippen LogP contribution in [0.1, 0.15) is 26.3 Å². The molecule has 0 saturated carbocycles. The van der Waals surface area contributed by atoms with Crippen LogP contribution >= 0.6 is 15.9 Å². The van der Waals surface area contributed by atoms with Crippen molar-refractivity contribution in [3.8, 4) is 0 Å². The molecular formula is C14H18BrNO3. The molecule has 1 amide bonds. The van der Waals surface area contributed by atoms with Gasteiger partial charge in [0, 0.05) is 4.47 Å². The summed E-state index contributed by atoms with van der Waals surface area (Å²) in [7, 11) is 0. The molecule has 1 rings (SSSR count). The van der Waals surface area contributed by atoms with Crippen molar-refractivity contribution in [1.29, 1.82) is 0 Å². The van der Waals surface area contributed by atoms with E-state index in [1.165, 1.54) is 0 Å². The van der Waals surface area contributed by atoms with Crippen LogP contribution in [0.5, 0.6) is 0 Å². The minimum atomic E-state index is -1.02. The molecule has 0 bridgehead atoms. The first kappa shape index (κ1) is 15.7. The summed E-state index contributed by atoms with van der Waals surface area (Å²) >= 11 is 3.33. The number of halogens is 1. The van der Waals surface area contributed by atoms with E-state index < -0.39 is 17.4 Å². The maximum atomic E-state index is 11.9. The Bertz CT molecular complexity index is 480. The van der Waals surface area contributed by atoms with Gasteiger partial charge < -0.3 is 10.4 Å². The lowest BCUT2D eigenvalue weighted by Gasteiger charge is -2.27. The average Bonchev–Trinajstić information content (AvgIpc) is 2.24. The van der Waals surface area contributed by atoms with E-state index in [9.17, 15) is 9.59 Å². The Balaban J connectivity index is 2.71. The fourth-order valence-corrected chi connectivity index (χ4v) is 2.14. The molecule has 0 aliphatic heterocycles. The van der Waals surface area contributed by atoms with Crippen LogP contribution in [-0.2, 0) is 16.0 Å². The normalized spacial score (nSPS) is 12.8. The van der Waals surface area contributed by atoms with Gasteiger partial charge in [-0.25, -0.2) is 4.79 Å². The van der Waals surface area contributed by atoms with Crippen LogP contribution in [0.25, 0.3) is 0 Å². The van der Waals surface area contributed by atoms with Gasteiger partial charge in [-0.3, -0.25) is 4.79 Å². The van der Waals surface area contributed by atoms with Gasteiger partial charge >= 0.3 is 5.97 Å². The van der Waals surface area contributed by atoms with Crippen molar-refractivity contribution in [1.82, 2.24) is 5.32 Å². The molecule has 0 saturated heterocycles. The molecule has 0 aromatic heterocycles. The quantitative estimate of drug-likeness (QED) is 0.893. The fraction of sp³-hybridized carbons (Fsp3) is 0.429. The maximum Gasteiger partial charge on any atom is 0.326 e. The van der Waals surface area contributed by atoms with Crippen molar-refractivity contribution < 1.29 is 14.7 Å². The third kappa shape index (κ3) is 5.03.